The summed E-state index contributed by atoms with van der Waals surface area (Å²) in [5.74, 6) is -0.338. The Bertz CT molecular complexity index is 307. The summed E-state index contributed by atoms with van der Waals surface area (Å²) in [4.78, 5) is 23.5. The van der Waals surface area contributed by atoms with Crippen LogP contribution in [0.15, 0.2) is 0 Å². The van der Waals surface area contributed by atoms with Crippen molar-refractivity contribution >= 4 is 27.8 Å². The molecular formula is C12H20AlO5. The van der Waals surface area contributed by atoms with E-state index in [0.29, 0.717) is 5.92 Å². The molecule has 101 valence electrons. The zero-order valence-electron chi connectivity index (χ0n) is 10.7. The summed E-state index contributed by atoms with van der Waals surface area (Å²) in [7, 11) is 0. The van der Waals surface area contributed by atoms with Crippen LogP contribution in [-0.4, -0.2) is 33.3 Å². The minimum atomic E-state index is -0.926. The van der Waals surface area contributed by atoms with Crippen LogP contribution >= 0.6 is 0 Å². The van der Waals surface area contributed by atoms with Gasteiger partial charge in [-0.05, 0) is 25.2 Å². The first-order valence-corrected chi connectivity index (χ1v) is 7.39. The number of hydrogen-bond acceptors (Lipinski definition) is 4. The lowest BCUT2D eigenvalue weighted by atomic mass is 9.72. The quantitative estimate of drug-likeness (QED) is 0.717. The van der Waals surface area contributed by atoms with Crippen molar-refractivity contribution < 1.29 is 22.6 Å². The van der Waals surface area contributed by atoms with Crippen LogP contribution < -0.4 is 0 Å². The normalized spacial score (nSPS) is 31.1. The minimum absolute atomic E-state index is 0. The van der Waals surface area contributed by atoms with Crippen molar-refractivity contribution in [1.29, 1.82) is 0 Å². The maximum Gasteiger partial charge on any atom is 0.885 e. The molecule has 1 saturated carbocycles. The molecule has 0 aromatic carbocycles. The van der Waals surface area contributed by atoms with Gasteiger partial charge < -0.3 is 13.1 Å². The Morgan fingerprint density at radius 1 is 1.17 bits per heavy atom. The van der Waals surface area contributed by atoms with Crippen molar-refractivity contribution in [2.24, 2.45) is 17.8 Å². The van der Waals surface area contributed by atoms with Crippen LogP contribution in [0.1, 0.15) is 45.4 Å². The molecule has 5 nitrogen and oxygen atoms in total. The van der Waals surface area contributed by atoms with Crippen LogP contribution in [0.5, 0.6) is 0 Å². The lowest BCUT2D eigenvalue weighted by Gasteiger charge is -2.32. The molecule has 2 aliphatic rings. The van der Waals surface area contributed by atoms with Gasteiger partial charge >= 0.3 is 15.9 Å². The van der Waals surface area contributed by atoms with Gasteiger partial charge in [0.2, 0.25) is 0 Å². The second-order valence-electron chi connectivity index (χ2n) is 5.00. The van der Waals surface area contributed by atoms with E-state index in [-0.39, 0.29) is 29.3 Å². The maximum atomic E-state index is 11.8. The molecular weight excluding hydrogens is 251 g/mol. The van der Waals surface area contributed by atoms with Crippen LogP contribution in [0.25, 0.3) is 0 Å². The molecule has 0 amide bonds. The van der Waals surface area contributed by atoms with Gasteiger partial charge in [0.1, 0.15) is 0 Å². The van der Waals surface area contributed by atoms with Crippen molar-refractivity contribution in [2.75, 3.05) is 0 Å². The molecule has 2 N–H and O–H groups in total. The first-order chi connectivity index (χ1) is 8.22. The molecule has 1 heterocycles. The second-order valence-corrected chi connectivity index (χ2v) is 5.67. The molecule has 3 unspecified atom stereocenters. The number of unbranched alkanes of at least 4 members (excludes halogenated alkanes) is 1. The number of fused-ring (bicyclic) bond motifs is 1. The third-order valence-corrected chi connectivity index (χ3v) is 4.52. The van der Waals surface area contributed by atoms with Crippen LogP contribution in [-0.2, 0) is 17.2 Å². The number of rotatable bonds is 3. The summed E-state index contributed by atoms with van der Waals surface area (Å²) >= 11 is -0.926. The highest BCUT2D eigenvalue weighted by atomic mass is 27.2. The van der Waals surface area contributed by atoms with E-state index < -0.39 is 15.9 Å². The first-order valence-electron chi connectivity index (χ1n) is 6.45. The van der Waals surface area contributed by atoms with E-state index in [1.807, 2.05) is 0 Å². The molecule has 0 aromatic rings. The Balaban J connectivity index is 0.00000162. The Kier molecular flexibility index (Phi) is 6.13. The number of carbonyl (C=O) groups is 2. The Labute approximate surface area is 114 Å². The van der Waals surface area contributed by atoms with Gasteiger partial charge in [0.15, 0.2) is 0 Å². The van der Waals surface area contributed by atoms with Crippen molar-refractivity contribution in [1.82, 2.24) is 0 Å². The fraction of sp³-hybridized carbons (Fsp3) is 0.833. The number of hydrogen-bond donors (Lipinski definition) is 0. The molecule has 1 aliphatic carbocycles. The zero-order chi connectivity index (χ0) is 12.3. The molecule has 2 fully saturated rings. The van der Waals surface area contributed by atoms with E-state index in [1.165, 1.54) is 12.8 Å². The minimum Gasteiger partial charge on any atom is -0.589 e. The standard InChI is InChI=1S/C12H20O4.Al.H2O/c1-2-3-4-8-5-6-9(11(13)14)10(7-8)12(15)16;;/h8-10H,2-7H2,1H3,(H,13,14)(H,15,16);;1H2/q;+2;/p-2. The van der Waals surface area contributed by atoms with Crippen LogP contribution in [0.4, 0.5) is 0 Å². The maximum absolute atomic E-state index is 11.8. The highest BCUT2D eigenvalue weighted by Gasteiger charge is 2.43. The smallest absolute Gasteiger partial charge is 0.589 e. The molecule has 0 aromatic heterocycles. The van der Waals surface area contributed by atoms with E-state index in [4.69, 9.17) is 7.58 Å². The summed E-state index contributed by atoms with van der Waals surface area (Å²) in [6, 6.07) is 0. The predicted octanol–water partition coefficient (Wildman–Crippen LogP) is 1.02. The molecule has 1 saturated heterocycles. The van der Waals surface area contributed by atoms with Gasteiger partial charge in [-0.1, -0.05) is 26.2 Å². The molecule has 2 rings (SSSR count). The summed E-state index contributed by atoms with van der Waals surface area (Å²) in [6.45, 7) is 2.17. The van der Waals surface area contributed by atoms with Gasteiger partial charge in [0.25, 0.3) is 11.9 Å². The van der Waals surface area contributed by atoms with Crippen molar-refractivity contribution in [3.8, 4) is 0 Å². The van der Waals surface area contributed by atoms with E-state index in [0.717, 1.165) is 25.7 Å². The molecule has 6 heteroatoms. The van der Waals surface area contributed by atoms with Crippen LogP contribution in [0, 0.1) is 17.8 Å². The Hall–Kier alpha value is -0.568. The van der Waals surface area contributed by atoms with Crippen LogP contribution in [0.3, 0.4) is 0 Å². The molecule has 3 atom stereocenters. The number of carbonyl (C=O) groups excluding carboxylic acids is 2. The first kappa shape index (κ1) is 15.5. The predicted molar refractivity (Wildman–Crippen MR) is 65.4 cm³/mol. The van der Waals surface area contributed by atoms with Crippen molar-refractivity contribution in [3.63, 3.8) is 0 Å². The highest BCUT2D eigenvalue weighted by Crippen LogP contribution is 2.38. The fourth-order valence-corrected chi connectivity index (χ4v) is 3.44. The second kappa shape index (κ2) is 7.13. The zero-order valence-corrected chi connectivity index (χ0v) is 11.8. The van der Waals surface area contributed by atoms with Crippen molar-refractivity contribution in [3.05, 3.63) is 0 Å². The highest BCUT2D eigenvalue weighted by molar-refractivity contribution is 6.27. The summed E-state index contributed by atoms with van der Waals surface area (Å²) in [5.41, 5.74) is 0. The molecule has 0 spiro atoms. The van der Waals surface area contributed by atoms with Gasteiger partial charge in [-0.25, -0.2) is 0 Å². The third-order valence-electron chi connectivity index (χ3n) is 3.86. The molecule has 0 bridgehead atoms. The molecule has 1 radical (unpaired) electrons. The summed E-state index contributed by atoms with van der Waals surface area (Å²) < 4.78 is 9.96. The monoisotopic (exact) mass is 271 g/mol. The van der Waals surface area contributed by atoms with Crippen LogP contribution in [0.2, 0.25) is 0 Å². The largest absolute Gasteiger partial charge is 0.885 e. The lowest BCUT2D eigenvalue weighted by molar-refractivity contribution is -0.148. The lowest BCUT2D eigenvalue weighted by Crippen LogP contribution is -2.34. The van der Waals surface area contributed by atoms with E-state index in [1.54, 1.807) is 0 Å². The average Bonchev–Trinajstić information content (AvgIpc) is 2.48. The molecule has 18 heavy (non-hydrogen) atoms. The van der Waals surface area contributed by atoms with Gasteiger partial charge in [0, 0.05) is 0 Å². The molecule has 1 aliphatic heterocycles. The SMILES string of the molecule is CCCCC1CCC2C(=O)[O][Al][O]C(=O)C2C1.O. The summed E-state index contributed by atoms with van der Waals surface area (Å²) in [6.07, 6.45) is 6.17. The fourth-order valence-electron chi connectivity index (χ4n) is 2.85. The Morgan fingerprint density at radius 3 is 2.50 bits per heavy atom. The van der Waals surface area contributed by atoms with Crippen molar-refractivity contribution in [2.45, 2.75) is 45.4 Å². The van der Waals surface area contributed by atoms with E-state index in [9.17, 15) is 9.59 Å². The average molecular weight is 271 g/mol. The summed E-state index contributed by atoms with van der Waals surface area (Å²) in [5, 5.41) is 0. The van der Waals surface area contributed by atoms with Gasteiger partial charge in [-0.2, -0.15) is 0 Å². The van der Waals surface area contributed by atoms with E-state index in [2.05, 4.69) is 6.92 Å². The Morgan fingerprint density at radius 2 is 1.83 bits per heavy atom. The van der Waals surface area contributed by atoms with Gasteiger partial charge in [-0.3, -0.25) is 9.59 Å². The van der Waals surface area contributed by atoms with Gasteiger partial charge in [0.05, 0.1) is 11.8 Å². The van der Waals surface area contributed by atoms with E-state index >= 15 is 0 Å². The topological polar surface area (TPSA) is 84.1 Å². The van der Waals surface area contributed by atoms with Gasteiger partial charge in [-0.15, -0.1) is 0 Å². The third kappa shape index (κ3) is 3.47.